The third-order valence-corrected chi connectivity index (χ3v) is 4.57. The lowest BCUT2D eigenvalue weighted by Gasteiger charge is -2.32. The third kappa shape index (κ3) is 4.21. The van der Waals surface area contributed by atoms with Crippen LogP contribution >= 0.6 is 0 Å². The van der Waals surface area contributed by atoms with Gasteiger partial charge in [-0.2, -0.15) is 0 Å². The maximum absolute atomic E-state index is 5.94. The first kappa shape index (κ1) is 16.3. The molecule has 1 heterocycles. The molecule has 0 aromatic heterocycles. The van der Waals surface area contributed by atoms with E-state index in [-0.39, 0.29) is 6.04 Å². The number of hydrogen-bond donors (Lipinski definition) is 1. The van der Waals surface area contributed by atoms with Gasteiger partial charge in [-0.25, -0.2) is 0 Å². The van der Waals surface area contributed by atoms with Crippen LogP contribution in [0.3, 0.4) is 0 Å². The topological polar surface area (TPSA) is 32.5 Å². The SMILES string of the molecule is CCC1CN(C)CCCN1c1ccc(CC(C)N)c(C)c1. The second-order valence-electron chi connectivity index (χ2n) is 6.66. The zero-order valence-electron chi connectivity index (χ0n) is 14.1. The summed E-state index contributed by atoms with van der Waals surface area (Å²) in [4.78, 5) is 5.07. The molecule has 1 aliphatic rings. The second kappa shape index (κ2) is 7.28. The summed E-state index contributed by atoms with van der Waals surface area (Å²) in [6, 6.07) is 7.76. The van der Waals surface area contributed by atoms with E-state index in [9.17, 15) is 0 Å². The number of rotatable bonds is 4. The fraction of sp³-hybridized carbons (Fsp3) is 0.667. The summed E-state index contributed by atoms with van der Waals surface area (Å²) >= 11 is 0. The molecule has 2 N–H and O–H groups in total. The highest BCUT2D eigenvalue weighted by atomic mass is 15.2. The molecule has 1 saturated heterocycles. The third-order valence-electron chi connectivity index (χ3n) is 4.57. The van der Waals surface area contributed by atoms with Gasteiger partial charge in [0.05, 0.1) is 0 Å². The largest absolute Gasteiger partial charge is 0.367 e. The first-order valence-electron chi connectivity index (χ1n) is 8.31. The second-order valence-corrected chi connectivity index (χ2v) is 6.66. The van der Waals surface area contributed by atoms with E-state index in [1.807, 2.05) is 0 Å². The number of nitrogens with zero attached hydrogens (tertiary/aromatic N) is 2. The molecule has 0 radical (unpaired) electrons. The van der Waals surface area contributed by atoms with E-state index in [1.54, 1.807) is 0 Å². The van der Waals surface area contributed by atoms with Gasteiger partial charge in [0.15, 0.2) is 0 Å². The molecule has 1 aliphatic heterocycles. The summed E-state index contributed by atoms with van der Waals surface area (Å²) in [5, 5.41) is 0. The van der Waals surface area contributed by atoms with Crippen molar-refractivity contribution in [2.75, 3.05) is 31.6 Å². The minimum Gasteiger partial charge on any atom is -0.367 e. The quantitative estimate of drug-likeness (QED) is 0.925. The van der Waals surface area contributed by atoms with Crippen LogP contribution < -0.4 is 10.6 Å². The van der Waals surface area contributed by atoms with Crippen LogP contribution in [0, 0.1) is 6.92 Å². The Balaban J connectivity index is 2.21. The fourth-order valence-electron chi connectivity index (χ4n) is 3.37. The lowest BCUT2D eigenvalue weighted by Crippen LogP contribution is -2.39. The summed E-state index contributed by atoms with van der Waals surface area (Å²) in [5.74, 6) is 0. The van der Waals surface area contributed by atoms with Crippen LogP contribution in [0.4, 0.5) is 5.69 Å². The number of benzene rings is 1. The molecular weight excluding hydrogens is 258 g/mol. The predicted octanol–water partition coefficient (Wildman–Crippen LogP) is 2.81. The Kier molecular flexibility index (Phi) is 5.65. The molecule has 118 valence electrons. The number of nitrogens with two attached hydrogens (primary N) is 1. The zero-order valence-corrected chi connectivity index (χ0v) is 14.1. The summed E-state index contributed by atoms with van der Waals surface area (Å²) in [6.45, 7) is 10.1. The van der Waals surface area contributed by atoms with Gasteiger partial charge in [-0.3, -0.25) is 0 Å². The number of likely N-dealkylation sites (N-methyl/N-ethyl adjacent to an activating group) is 1. The smallest absolute Gasteiger partial charge is 0.0414 e. The minimum absolute atomic E-state index is 0.227. The molecule has 0 bridgehead atoms. The Morgan fingerprint density at radius 2 is 2.10 bits per heavy atom. The van der Waals surface area contributed by atoms with Crippen LogP contribution in [0.25, 0.3) is 0 Å². The van der Waals surface area contributed by atoms with Crippen LogP contribution in [0.1, 0.15) is 37.8 Å². The van der Waals surface area contributed by atoms with E-state index in [4.69, 9.17) is 5.73 Å². The van der Waals surface area contributed by atoms with Crippen molar-refractivity contribution >= 4 is 5.69 Å². The van der Waals surface area contributed by atoms with Gasteiger partial charge in [-0.1, -0.05) is 13.0 Å². The van der Waals surface area contributed by atoms with Gasteiger partial charge in [-0.15, -0.1) is 0 Å². The first-order valence-corrected chi connectivity index (χ1v) is 8.31. The Labute approximate surface area is 130 Å². The van der Waals surface area contributed by atoms with Gasteiger partial charge >= 0.3 is 0 Å². The molecule has 1 aromatic rings. The number of aryl methyl sites for hydroxylation is 1. The Morgan fingerprint density at radius 3 is 2.71 bits per heavy atom. The van der Waals surface area contributed by atoms with Gasteiger partial charge in [-0.05, 0) is 70.0 Å². The lowest BCUT2D eigenvalue weighted by atomic mass is 10.0. The Bertz CT molecular complexity index is 456. The number of anilines is 1. The minimum atomic E-state index is 0.227. The maximum Gasteiger partial charge on any atom is 0.0414 e. The summed E-state index contributed by atoms with van der Waals surface area (Å²) in [6.07, 6.45) is 3.41. The molecule has 2 unspecified atom stereocenters. The van der Waals surface area contributed by atoms with E-state index in [1.165, 1.54) is 36.2 Å². The molecule has 3 nitrogen and oxygen atoms in total. The molecule has 2 rings (SSSR count). The predicted molar refractivity (Wildman–Crippen MR) is 92.1 cm³/mol. The van der Waals surface area contributed by atoms with Crippen molar-refractivity contribution in [3.8, 4) is 0 Å². The molecule has 3 heteroatoms. The average molecular weight is 289 g/mol. The Morgan fingerprint density at radius 1 is 1.33 bits per heavy atom. The average Bonchev–Trinajstić information content (AvgIpc) is 2.62. The molecule has 0 amide bonds. The molecule has 0 saturated carbocycles. The van der Waals surface area contributed by atoms with Crippen LogP contribution in [0.5, 0.6) is 0 Å². The normalized spacial score (nSPS) is 22.1. The van der Waals surface area contributed by atoms with Crippen LogP contribution in [-0.2, 0) is 6.42 Å². The summed E-state index contributed by atoms with van der Waals surface area (Å²) in [7, 11) is 2.24. The monoisotopic (exact) mass is 289 g/mol. The molecule has 1 aromatic carbocycles. The van der Waals surface area contributed by atoms with Crippen molar-refractivity contribution in [2.24, 2.45) is 5.73 Å². The first-order chi connectivity index (χ1) is 10.0. The van der Waals surface area contributed by atoms with E-state index in [2.05, 4.69) is 55.8 Å². The highest BCUT2D eigenvalue weighted by Crippen LogP contribution is 2.25. The van der Waals surface area contributed by atoms with E-state index < -0.39 is 0 Å². The summed E-state index contributed by atoms with van der Waals surface area (Å²) in [5.41, 5.74) is 10.1. The van der Waals surface area contributed by atoms with Gasteiger partial charge in [0, 0.05) is 30.9 Å². The lowest BCUT2D eigenvalue weighted by molar-refractivity contribution is 0.328. The standard InChI is InChI=1S/C18H31N3/c1-5-17-13-20(4)9-6-10-21(17)18-8-7-16(12-15(3)19)14(2)11-18/h7-8,11,15,17H,5-6,9-10,12-13,19H2,1-4H3. The Hall–Kier alpha value is -1.06. The fourth-order valence-corrected chi connectivity index (χ4v) is 3.37. The molecule has 1 fully saturated rings. The van der Waals surface area contributed by atoms with Gasteiger partial charge < -0.3 is 15.5 Å². The van der Waals surface area contributed by atoms with Crippen molar-refractivity contribution in [2.45, 2.75) is 52.1 Å². The molecule has 21 heavy (non-hydrogen) atoms. The highest BCUT2D eigenvalue weighted by molar-refractivity contribution is 5.52. The van der Waals surface area contributed by atoms with Crippen molar-refractivity contribution in [3.05, 3.63) is 29.3 Å². The van der Waals surface area contributed by atoms with Crippen LogP contribution in [0.15, 0.2) is 18.2 Å². The maximum atomic E-state index is 5.94. The zero-order chi connectivity index (χ0) is 15.4. The van der Waals surface area contributed by atoms with E-state index in [0.717, 1.165) is 19.5 Å². The highest BCUT2D eigenvalue weighted by Gasteiger charge is 2.22. The van der Waals surface area contributed by atoms with E-state index >= 15 is 0 Å². The van der Waals surface area contributed by atoms with E-state index in [0.29, 0.717) is 6.04 Å². The van der Waals surface area contributed by atoms with Crippen molar-refractivity contribution in [1.82, 2.24) is 4.90 Å². The molecule has 2 atom stereocenters. The van der Waals surface area contributed by atoms with Gasteiger partial charge in [0.1, 0.15) is 0 Å². The van der Waals surface area contributed by atoms with Gasteiger partial charge in [0.2, 0.25) is 0 Å². The van der Waals surface area contributed by atoms with Crippen molar-refractivity contribution in [3.63, 3.8) is 0 Å². The van der Waals surface area contributed by atoms with Crippen LogP contribution in [0.2, 0.25) is 0 Å². The van der Waals surface area contributed by atoms with Crippen molar-refractivity contribution in [1.29, 1.82) is 0 Å². The molecular formula is C18H31N3. The van der Waals surface area contributed by atoms with Crippen LogP contribution in [-0.4, -0.2) is 43.7 Å². The summed E-state index contributed by atoms with van der Waals surface area (Å²) < 4.78 is 0. The van der Waals surface area contributed by atoms with Crippen molar-refractivity contribution < 1.29 is 0 Å². The molecule has 0 aliphatic carbocycles. The van der Waals surface area contributed by atoms with Gasteiger partial charge in [0.25, 0.3) is 0 Å². The number of hydrogen-bond acceptors (Lipinski definition) is 3. The molecule has 0 spiro atoms.